The van der Waals surface area contributed by atoms with Gasteiger partial charge in [-0.3, -0.25) is 9.59 Å². The maximum absolute atomic E-state index is 13.8. The molecule has 0 saturated carbocycles. The minimum absolute atomic E-state index is 0.194. The summed E-state index contributed by atoms with van der Waals surface area (Å²) < 4.78 is 8.65. The zero-order valence-electron chi connectivity index (χ0n) is 24.3. The van der Waals surface area contributed by atoms with Crippen molar-refractivity contribution in [3.63, 3.8) is 0 Å². The van der Waals surface area contributed by atoms with Crippen LogP contribution in [0.3, 0.4) is 0 Å². The lowest BCUT2D eigenvalue weighted by molar-refractivity contribution is 0.0655. The summed E-state index contributed by atoms with van der Waals surface area (Å²) in [5.41, 5.74) is 6.37. The van der Waals surface area contributed by atoms with Crippen LogP contribution in [0.4, 0.5) is 5.69 Å². The Hall–Kier alpha value is -5.29. The molecule has 224 valence electrons. The van der Waals surface area contributed by atoms with Crippen LogP contribution in [0.5, 0.6) is 0 Å². The van der Waals surface area contributed by atoms with Crippen molar-refractivity contribution in [2.45, 2.75) is 25.9 Å². The third kappa shape index (κ3) is 5.82. The fourth-order valence-electron chi connectivity index (χ4n) is 5.61. The second-order valence-corrected chi connectivity index (χ2v) is 11.8. The SMILES string of the molecule is Cc1ccc(-c2cn(Cc3ccc(C(=O)N4CCc5[nH]cnc5C4c4ccc(Br)cc4)o3)nn2)cc1C(=O)Nc1ccccc1. The van der Waals surface area contributed by atoms with Crippen LogP contribution in [-0.4, -0.2) is 48.2 Å². The molecule has 1 unspecified atom stereocenters. The van der Waals surface area contributed by atoms with Gasteiger partial charge in [0.1, 0.15) is 24.0 Å². The van der Waals surface area contributed by atoms with E-state index in [1.165, 1.54) is 0 Å². The Morgan fingerprint density at radius 3 is 2.69 bits per heavy atom. The highest BCUT2D eigenvalue weighted by Gasteiger charge is 2.35. The number of imidazole rings is 1. The number of nitrogens with zero attached hydrogens (tertiary/aromatic N) is 5. The molecule has 11 heteroatoms. The number of para-hydroxylation sites is 1. The molecule has 3 aromatic heterocycles. The quantitative estimate of drug-likeness (QED) is 0.204. The number of furan rings is 1. The van der Waals surface area contributed by atoms with Crippen molar-refractivity contribution in [2.75, 3.05) is 11.9 Å². The van der Waals surface area contributed by atoms with Gasteiger partial charge in [-0.15, -0.1) is 5.10 Å². The number of hydrogen-bond acceptors (Lipinski definition) is 6. The minimum Gasteiger partial charge on any atom is -0.454 e. The number of H-pyrrole nitrogens is 1. The number of benzene rings is 3. The standard InChI is InChI=1S/C34H28BrN7O3/c1-21-7-8-23(17-27(21)33(43)38-25-5-3-2-4-6-25)29-19-41(40-39-29)18-26-13-14-30(45-26)34(44)42-16-15-28-31(37-20-36-28)32(42)22-9-11-24(35)12-10-22/h2-14,17,19-20,32H,15-16,18H2,1H3,(H,36,37)(H,38,43). The highest BCUT2D eigenvalue weighted by molar-refractivity contribution is 9.10. The van der Waals surface area contributed by atoms with E-state index >= 15 is 0 Å². The predicted octanol–water partition coefficient (Wildman–Crippen LogP) is 6.42. The molecule has 6 aromatic rings. The number of carbonyl (C=O) groups is 2. The van der Waals surface area contributed by atoms with Gasteiger partial charge < -0.3 is 19.6 Å². The van der Waals surface area contributed by atoms with E-state index in [1.54, 1.807) is 29.3 Å². The van der Waals surface area contributed by atoms with Crippen LogP contribution in [0.15, 0.2) is 106 Å². The highest BCUT2D eigenvalue weighted by Crippen LogP contribution is 2.35. The number of hydrogen-bond donors (Lipinski definition) is 2. The van der Waals surface area contributed by atoms with Crippen LogP contribution >= 0.6 is 15.9 Å². The van der Waals surface area contributed by atoms with Gasteiger partial charge in [-0.1, -0.05) is 63.6 Å². The summed E-state index contributed by atoms with van der Waals surface area (Å²) in [5.74, 6) is 0.418. The first-order valence-corrected chi connectivity index (χ1v) is 15.3. The maximum Gasteiger partial charge on any atom is 0.290 e. The molecule has 0 saturated heterocycles. The van der Waals surface area contributed by atoms with Gasteiger partial charge in [0, 0.05) is 39.9 Å². The molecule has 45 heavy (non-hydrogen) atoms. The van der Waals surface area contributed by atoms with E-state index in [0.717, 1.165) is 38.2 Å². The number of aromatic amines is 1. The maximum atomic E-state index is 13.8. The number of nitrogens with one attached hydrogen (secondary N) is 2. The number of halogens is 1. The van der Waals surface area contributed by atoms with Crippen LogP contribution in [0.2, 0.25) is 0 Å². The lowest BCUT2D eigenvalue weighted by Gasteiger charge is -2.34. The summed E-state index contributed by atoms with van der Waals surface area (Å²) in [6.07, 6.45) is 4.15. The van der Waals surface area contributed by atoms with Gasteiger partial charge in [0.15, 0.2) is 5.76 Å². The summed E-state index contributed by atoms with van der Waals surface area (Å²) in [6.45, 7) is 2.71. The number of aromatic nitrogens is 5. The fraction of sp³-hybridized carbons (Fsp3) is 0.147. The molecule has 10 nitrogen and oxygen atoms in total. The van der Waals surface area contributed by atoms with Gasteiger partial charge in [-0.05, 0) is 60.5 Å². The van der Waals surface area contributed by atoms with Crippen LogP contribution < -0.4 is 5.32 Å². The molecule has 0 radical (unpaired) electrons. The molecule has 1 aliphatic rings. The average molecular weight is 663 g/mol. The Labute approximate surface area is 267 Å². The zero-order valence-corrected chi connectivity index (χ0v) is 25.9. The highest BCUT2D eigenvalue weighted by atomic mass is 79.9. The first kappa shape index (κ1) is 28.5. The van der Waals surface area contributed by atoms with Crippen molar-refractivity contribution in [2.24, 2.45) is 0 Å². The molecule has 2 N–H and O–H groups in total. The molecule has 0 aliphatic carbocycles. The summed E-state index contributed by atoms with van der Waals surface area (Å²) >= 11 is 3.50. The Kier molecular flexibility index (Phi) is 7.60. The molecule has 2 amide bonds. The lowest BCUT2D eigenvalue weighted by atomic mass is 9.95. The van der Waals surface area contributed by atoms with E-state index in [9.17, 15) is 9.59 Å². The topological polar surface area (TPSA) is 122 Å². The molecular weight excluding hydrogens is 634 g/mol. The molecule has 3 aromatic carbocycles. The molecule has 0 fully saturated rings. The van der Waals surface area contributed by atoms with Crippen LogP contribution in [-0.2, 0) is 13.0 Å². The van der Waals surface area contributed by atoms with E-state index in [-0.39, 0.29) is 30.2 Å². The van der Waals surface area contributed by atoms with Crippen molar-refractivity contribution < 1.29 is 14.0 Å². The van der Waals surface area contributed by atoms with Crippen molar-refractivity contribution in [1.82, 2.24) is 29.9 Å². The van der Waals surface area contributed by atoms with E-state index < -0.39 is 0 Å². The second-order valence-electron chi connectivity index (χ2n) is 10.9. The zero-order chi connectivity index (χ0) is 30.9. The molecule has 0 spiro atoms. The number of fused-ring (bicyclic) bond motifs is 1. The summed E-state index contributed by atoms with van der Waals surface area (Å²) in [4.78, 5) is 36.4. The second kappa shape index (κ2) is 12.0. The lowest BCUT2D eigenvalue weighted by Crippen LogP contribution is -2.40. The van der Waals surface area contributed by atoms with Gasteiger partial charge >= 0.3 is 0 Å². The largest absolute Gasteiger partial charge is 0.454 e. The molecule has 4 heterocycles. The van der Waals surface area contributed by atoms with Crippen LogP contribution in [0.1, 0.15) is 55.2 Å². The van der Waals surface area contributed by atoms with Crippen molar-refractivity contribution in [3.8, 4) is 11.3 Å². The van der Waals surface area contributed by atoms with E-state index in [1.807, 2.05) is 84.6 Å². The van der Waals surface area contributed by atoms with Gasteiger partial charge in [-0.25, -0.2) is 9.67 Å². The molecular formula is C34H28BrN7O3. The smallest absolute Gasteiger partial charge is 0.290 e. The monoisotopic (exact) mass is 661 g/mol. The normalized spacial score (nSPS) is 14.3. The Balaban J connectivity index is 1.07. The van der Waals surface area contributed by atoms with E-state index in [0.29, 0.717) is 30.0 Å². The number of rotatable bonds is 7. The van der Waals surface area contributed by atoms with Gasteiger partial charge in [0.05, 0.1) is 18.2 Å². The number of amides is 2. The number of anilines is 1. The summed E-state index contributed by atoms with van der Waals surface area (Å²) in [6, 6.07) is 26.1. The van der Waals surface area contributed by atoms with E-state index in [4.69, 9.17) is 4.42 Å². The first-order chi connectivity index (χ1) is 21.9. The average Bonchev–Trinajstić information content (AvgIpc) is 3.83. The Bertz CT molecular complexity index is 2000. The fourth-order valence-corrected chi connectivity index (χ4v) is 5.88. The van der Waals surface area contributed by atoms with Crippen molar-refractivity contribution in [1.29, 1.82) is 0 Å². The molecule has 1 atom stereocenters. The van der Waals surface area contributed by atoms with Crippen molar-refractivity contribution in [3.05, 3.63) is 142 Å². The van der Waals surface area contributed by atoms with Gasteiger partial charge in [0.2, 0.25) is 0 Å². The van der Waals surface area contributed by atoms with E-state index in [2.05, 4.69) is 41.5 Å². The molecule has 1 aliphatic heterocycles. The summed E-state index contributed by atoms with van der Waals surface area (Å²) in [7, 11) is 0. The number of aryl methyl sites for hydroxylation is 1. The molecule has 7 rings (SSSR count). The molecule has 0 bridgehead atoms. The van der Waals surface area contributed by atoms with Crippen LogP contribution in [0.25, 0.3) is 11.3 Å². The third-order valence-electron chi connectivity index (χ3n) is 7.91. The third-order valence-corrected chi connectivity index (χ3v) is 8.44. The Morgan fingerprint density at radius 1 is 1.04 bits per heavy atom. The van der Waals surface area contributed by atoms with Crippen LogP contribution in [0, 0.1) is 6.92 Å². The van der Waals surface area contributed by atoms with Gasteiger partial charge in [0.25, 0.3) is 11.8 Å². The minimum atomic E-state index is -0.332. The number of carbonyl (C=O) groups excluding carboxylic acids is 2. The Morgan fingerprint density at radius 2 is 1.87 bits per heavy atom. The summed E-state index contributed by atoms with van der Waals surface area (Å²) in [5, 5.41) is 11.5. The first-order valence-electron chi connectivity index (χ1n) is 14.5. The predicted molar refractivity (Wildman–Crippen MR) is 172 cm³/mol. The van der Waals surface area contributed by atoms with Gasteiger partial charge in [-0.2, -0.15) is 0 Å². The van der Waals surface area contributed by atoms with Crippen molar-refractivity contribution >= 4 is 33.4 Å².